The Labute approximate surface area is 135 Å². The van der Waals surface area contributed by atoms with Crippen molar-refractivity contribution in [3.05, 3.63) is 57.8 Å². The lowest BCUT2D eigenvalue weighted by molar-refractivity contribution is 0.402. The molecular weight excluding hydrogens is 326 g/mol. The van der Waals surface area contributed by atoms with Gasteiger partial charge in [0.05, 0.1) is 11.8 Å². The zero-order valence-electron chi connectivity index (χ0n) is 12.0. The fraction of sp³-hybridized carbons (Fsp3) is 0.333. The first-order valence-corrected chi connectivity index (χ1v) is 9.59. The van der Waals surface area contributed by atoms with Crippen LogP contribution in [-0.4, -0.2) is 19.8 Å². The summed E-state index contributed by atoms with van der Waals surface area (Å²) >= 11 is 7.30. The van der Waals surface area contributed by atoms with E-state index in [2.05, 4.69) is 0 Å². The van der Waals surface area contributed by atoms with Crippen molar-refractivity contribution in [1.29, 1.82) is 0 Å². The van der Waals surface area contributed by atoms with Gasteiger partial charge >= 0.3 is 0 Å². The lowest BCUT2D eigenvalue weighted by Crippen LogP contribution is -2.30. The van der Waals surface area contributed by atoms with Crippen LogP contribution in [-0.2, 0) is 21.7 Å². The third-order valence-corrected chi connectivity index (χ3v) is 6.71. The number of sulfonamides is 1. The van der Waals surface area contributed by atoms with Crippen LogP contribution in [0.15, 0.2) is 41.8 Å². The van der Waals surface area contributed by atoms with Gasteiger partial charge in [-0.2, -0.15) is 4.31 Å². The average Bonchev–Trinajstić information content (AvgIpc) is 3.00. The molecular formula is C15H18ClNO2S2. The van der Waals surface area contributed by atoms with Gasteiger partial charge in [-0.1, -0.05) is 30.3 Å². The largest absolute Gasteiger partial charge is 0.218 e. The second kappa shape index (κ2) is 6.92. The Morgan fingerprint density at radius 3 is 2.33 bits per heavy atom. The van der Waals surface area contributed by atoms with Gasteiger partial charge in [-0.3, -0.25) is 0 Å². The Balaban J connectivity index is 2.13. The first kappa shape index (κ1) is 16.5. The van der Waals surface area contributed by atoms with E-state index in [-0.39, 0.29) is 11.8 Å². The van der Waals surface area contributed by atoms with Crippen LogP contribution < -0.4 is 0 Å². The highest BCUT2D eigenvalue weighted by atomic mass is 35.5. The summed E-state index contributed by atoms with van der Waals surface area (Å²) in [5.74, 6) is 0.435. The number of rotatable bonds is 6. The topological polar surface area (TPSA) is 37.4 Å². The second-order valence-electron chi connectivity index (χ2n) is 4.91. The summed E-state index contributed by atoms with van der Waals surface area (Å²) in [6.45, 7) is 1.90. The van der Waals surface area contributed by atoms with Gasteiger partial charge < -0.3 is 0 Å². The number of nitrogens with zero attached hydrogens (tertiary/aromatic N) is 1. The Kier molecular flexibility index (Phi) is 5.43. The van der Waals surface area contributed by atoms with E-state index >= 15 is 0 Å². The SMILES string of the molecule is CC(c1cccs1)N(C)S(=O)(=O)Cc1ccc(CCl)cc1. The van der Waals surface area contributed by atoms with E-state index in [1.807, 2.05) is 48.7 Å². The molecule has 2 rings (SSSR count). The molecule has 1 heterocycles. The van der Waals surface area contributed by atoms with E-state index in [0.29, 0.717) is 5.88 Å². The number of benzene rings is 1. The van der Waals surface area contributed by atoms with E-state index in [1.54, 1.807) is 18.4 Å². The Morgan fingerprint density at radius 2 is 1.81 bits per heavy atom. The molecule has 1 aromatic heterocycles. The molecule has 0 aliphatic heterocycles. The summed E-state index contributed by atoms with van der Waals surface area (Å²) in [5, 5.41) is 1.96. The van der Waals surface area contributed by atoms with Gasteiger partial charge in [-0.25, -0.2) is 8.42 Å². The molecule has 1 aromatic carbocycles. The Hall–Kier alpha value is -0.880. The molecule has 1 atom stereocenters. The van der Waals surface area contributed by atoms with E-state index in [0.717, 1.165) is 16.0 Å². The highest BCUT2D eigenvalue weighted by Gasteiger charge is 2.25. The van der Waals surface area contributed by atoms with E-state index < -0.39 is 10.0 Å². The number of halogens is 1. The highest BCUT2D eigenvalue weighted by molar-refractivity contribution is 7.88. The minimum absolute atomic E-state index is 0.00177. The maximum Gasteiger partial charge on any atom is 0.218 e. The number of hydrogen-bond acceptors (Lipinski definition) is 3. The van der Waals surface area contributed by atoms with Crippen molar-refractivity contribution in [1.82, 2.24) is 4.31 Å². The van der Waals surface area contributed by atoms with Crippen LogP contribution in [0.3, 0.4) is 0 Å². The molecule has 0 aliphatic carbocycles. The smallest absolute Gasteiger partial charge is 0.212 e. The van der Waals surface area contributed by atoms with Crippen molar-refractivity contribution >= 4 is 33.0 Å². The van der Waals surface area contributed by atoms with Crippen LogP contribution in [0.25, 0.3) is 0 Å². The van der Waals surface area contributed by atoms with Gasteiger partial charge in [0.2, 0.25) is 10.0 Å². The summed E-state index contributed by atoms with van der Waals surface area (Å²) in [6.07, 6.45) is 0. The third kappa shape index (κ3) is 4.07. The monoisotopic (exact) mass is 343 g/mol. The summed E-state index contributed by atoms with van der Waals surface area (Å²) in [4.78, 5) is 1.04. The average molecular weight is 344 g/mol. The molecule has 0 saturated carbocycles. The summed E-state index contributed by atoms with van der Waals surface area (Å²) in [7, 11) is -1.72. The highest BCUT2D eigenvalue weighted by Crippen LogP contribution is 2.26. The third-order valence-electron chi connectivity index (χ3n) is 3.47. The van der Waals surface area contributed by atoms with Gasteiger partial charge in [0, 0.05) is 17.8 Å². The summed E-state index contributed by atoms with van der Waals surface area (Å²) in [6, 6.07) is 11.1. The van der Waals surface area contributed by atoms with Crippen molar-refractivity contribution in [3.8, 4) is 0 Å². The molecule has 3 nitrogen and oxygen atoms in total. The maximum absolute atomic E-state index is 12.5. The van der Waals surface area contributed by atoms with Crippen LogP contribution >= 0.6 is 22.9 Å². The van der Waals surface area contributed by atoms with Gasteiger partial charge in [0.15, 0.2) is 0 Å². The van der Waals surface area contributed by atoms with Gasteiger partial charge in [-0.15, -0.1) is 22.9 Å². The van der Waals surface area contributed by atoms with Crippen LogP contribution in [0.5, 0.6) is 0 Å². The molecule has 0 spiro atoms. The summed E-state index contributed by atoms with van der Waals surface area (Å²) in [5.41, 5.74) is 1.76. The van der Waals surface area contributed by atoms with Crippen molar-refractivity contribution in [2.75, 3.05) is 7.05 Å². The fourth-order valence-corrected chi connectivity index (χ4v) is 4.47. The Morgan fingerprint density at radius 1 is 1.19 bits per heavy atom. The van der Waals surface area contributed by atoms with Crippen molar-refractivity contribution < 1.29 is 8.42 Å². The quantitative estimate of drug-likeness (QED) is 0.743. The molecule has 0 fully saturated rings. The maximum atomic E-state index is 12.5. The van der Waals surface area contributed by atoms with E-state index in [9.17, 15) is 8.42 Å². The van der Waals surface area contributed by atoms with E-state index in [1.165, 1.54) is 4.31 Å². The van der Waals surface area contributed by atoms with Gasteiger partial charge in [-0.05, 0) is 29.5 Å². The standard InChI is InChI=1S/C15H18ClNO2S2/c1-12(15-4-3-9-20-15)17(2)21(18,19)11-14-7-5-13(10-16)6-8-14/h3-9,12H,10-11H2,1-2H3. The molecule has 0 N–H and O–H groups in total. The van der Waals surface area contributed by atoms with Gasteiger partial charge in [0.25, 0.3) is 0 Å². The minimum atomic E-state index is -3.35. The van der Waals surface area contributed by atoms with E-state index in [4.69, 9.17) is 11.6 Å². The second-order valence-corrected chi connectivity index (χ2v) is 8.19. The van der Waals surface area contributed by atoms with Crippen LogP contribution in [0.2, 0.25) is 0 Å². The minimum Gasteiger partial charge on any atom is -0.212 e. The van der Waals surface area contributed by atoms with Crippen molar-refractivity contribution in [2.24, 2.45) is 0 Å². The zero-order valence-corrected chi connectivity index (χ0v) is 14.4. The van der Waals surface area contributed by atoms with Crippen molar-refractivity contribution in [3.63, 3.8) is 0 Å². The fourth-order valence-electron chi connectivity index (χ4n) is 1.99. The first-order valence-electron chi connectivity index (χ1n) is 6.57. The van der Waals surface area contributed by atoms with Crippen LogP contribution in [0.4, 0.5) is 0 Å². The molecule has 6 heteroatoms. The zero-order chi connectivity index (χ0) is 15.5. The molecule has 0 bridgehead atoms. The predicted octanol–water partition coefficient (Wildman–Crippen LogP) is 4.01. The number of thiophene rings is 1. The molecule has 21 heavy (non-hydrogen) atoms. The normalized spacial score (nSPS) is 13.5. The summed E-state index contributed by atoms with van der Waals surface area (Å²) < 4.78 is 26.4. The lowest BCUT2D eigenvalue weighted by Gasteiger charge is -2.23. The first-order chi connectivity index (χ1) is 9.94. The van der Waals surface area contributed by atoms with Crippen LogP contribution in [0.1, 0.15) is 29.0 Å². The molecule has 0 amide bonds. The number of alkyl halides is 1. The van der Waals surface area contributed by atoms with Crippen LogP contribution in [0, 0.1) is 0 Å². The molecule has 114 valence electrons. The molecule has 0 radical (unpaired) electrons. The van der Waals surface area contributed by atoms with Gasteiger partial charge in [0.1, 0.15) is 0 Å². The molecule has 0 aliphatic rings. The lowest BCUT2D eigenvalue weighted by atomic mass is 10.2. The molecule has 2 aromatic rings. The molecule has 0 saturated heterocycles. The Bertz CT molecular complexity index is 666. The predicted molar refractivity (Wildman–Crippen MR) is 89.1 cm³/mol. The van der Waals surface area contributed by atoms with Crippen molar-refractivity contribution in [2.45, 2.75) is 24.6 Å². The molecule has 1 unspecified atom stereocenters. The number of hydrogen-bond donors (Lipinski definition) is 0.